The molecule has 0 amide bonds. The average Bonchev–Trinajstić information content (AvgIpc) is 2.39. The number of rotatable bonds is 1. The predicted molar refractivity (Wildman–Crippen MR) is 48.4 cm³/mol. The van der Waals surface area contributed by atoms with Gasteiger partial charge in [-0.2, -0.15) is 0 Å². The van der Waals surface area contributed by atoms with Crippen molar-refractivity contribution < 1.29 is 0 Å². The molecule has 0 fully saturated rings. The molecular formula is C8H15NS. The molecule has 58 valence electrons. The van der Waals surface area contributed by atoms with Crippen LogP contribution in [0.25, 0.3) is 0 Å². The van der Waals surface area contributed by atoms with Crippen LogP contribution in [0.4, 0.5) is 0 Å². The van der Waals surface area contributed by atoms with Gasteiger partial charge in [-0.15, -0.1) is 11.3 Å². The zero-order valence-electron chi connectivity index (χ0n) is 6.63. The van der Waals surface area contributed by atoms with Gasteiger partial charge < -0.3 is 5.73 Å². The smallest absolute Gasteiger partial charge is 0.00424 e. The van der Waals surface area contributed by atoms with E-state index >= 15 is 0 Å². The Morgan fingerprint density at radius 2 is 2.10 bits per heavy atom. The van der Waals surface area contributed by atoms with E-state index in [1.54, 1.807) is 0 Å². The van der Waals surface area contributed by atoms with Crippen LogP contribution in [0.1, 0.15) is 18.7 Å². The van der Waals surface area contributed by atoms with Gasteiger partial charge in [0.15, 0.2) is 0 Å². The summed E-state index contributed by atoms with van der Waals surface area (Å²) in [6.45, 7) is 4.83. The molecule has 1 aromatic rings. The molecule has 10 heavy (non-hydrogen) atoms. The van der Waals surface area contributed by atoms with E-state index in [4.69, 9.17) is 5.73 Å². The van der Waals surface area contributed by atoms with Crippen molar-refractivity contribution in [2.24, 2.45) is 5.73 Å². The van der Waals surface area contributed by atoms with Crippen LogP contribution in [-0.4, -0.2) is 6.54 Å². The fourth-order valence-corrected chi connectivity index (χ4v) is 1.17. The van der Waals surface area contributed by atoms with Gasteiger partial charge in [-0.05, 0) is 24.4 Å². The number of hydrogen-bond acceptors (Lipinski definition) is 2. The summed E-state index contributed by atoms with van der Waals surface area (Å²) in [6.07, 6.45) is 1.18. The summed E-state index contributed by atoms with van der Waals surface area (Å²) in [5.74, 6) is 0. The maximum absolute atomic E-state index is 4.85. The molecule has 0 aromatic carbocycles. The van der Waals surface area contributed by atoms with Crippen LogP contribution in [0, 0.1) is 0 Å². The van der Waals surface area contributed by atoms with Gasteiger partial charge in [-0.1, -0.05) is 19.9 Å². The monoisotopic (exact) mass is 157 g/mol. The van der Waals surface area contributed by atoms with Gasteiger partial charge in [0.05, 0.1) is 0 Å². The van der Waals surface area contributed by atoms with Crippen LogP contribution in [0.3, 0.4) is 0 Å². The molecule has 2 heteroatoms. The number of hydrogen-bond donors (Lipinski definition) is 1. The molecule has 0 atom stereocenters. The quantitative estimate of drug-likeness (QED) is 0.665. The number of thiophene rings is 1. The number of aryl methyl sites for hydroxylation is 1. The minimum absolute atomic E-state index is 0.750. The van der Waals surface area contributed by atoms with E-state index in [1.165, 1.54) is 11.3 Å². The van der Waals surface area contributed by atoms with E-state index in [0.29, 0.717) is 0 Å². The number of nitrogens with two attached hydrogens (primary N) is 1. The summed E-state index contributed by atoms with van der Waals surface area (Å²) in [7, 11) is 0. The van der Waals surface area contributed by atoms with Crippen molar-refractivity contribution in [2.45, 2.75) is 20.3 Å². The van der Waals surface area contributed by atoms with E-state index < -0.39 is 0 Å². The predicted octanol–water partition coefficient (Wildman–Crippen LogP) is 2.28. The summed E-state index contributed by atoms with van der Waals surface area (Å²) in [6, 6.07) is 4.24. The Balaban J connectivity index is 0.000000236. The third-order valence-corrected chi connectivity index (χ3v) is 1.95. The highest BCUT2D eigenvalue weighted by Crippen LogP contribution is 2.07. The Kier molecular flexibility index (Phi) is 6.55. The van der Waals surface area contributed by atoms with Gasteiger partial charge in [-0.3, -0.25) is 0 Å². The first kappa shape index (κ1) is 9.66. The van der Waals surface area contributed by atoms with Gasteiger partial charge in [0.2, 0.25) is 0 Å². The zero-order valence-corrected chi connectivity index (χ0v) is 7.45. The van der Waals surface area contributed by atoms with Crippen LogP contribution in [0.5, 0.6) is 0 Å². The molecule has 0 aliphatic heterocycles. The van der Waals surface area contributed by atoms with Crippen LogP contribution < -0.4 is 5.73 Å². The minimum atomic E-state index is 0.750. The van der Waals surface area contributed by atoms with Gasteiger partial charge in [0.1, 0.15) is 0 Å². The topological polar surface area (TPSA) is 26.0 Å². The van der Waals surface area contributed by atoms with E-state index in [9.17, 15) is 0 Å². The summed E-state index contributed by atoms with van der Waals surface area (Å²) < 4.78 is 0. The lowest BCUT2D eigenvalue weighted by Gasteiger charge is -1.78. The van der Waals surface area contributed by atoms with Crippen molar-refractivity contribution in [1.29, 1.82) is 0 Å². The second kappa shape index (κ2) is 6.78. The molecular weight excluding hydrogens is 142 g/mol. The van der Waals surface area contributed by atoms with Crippen molar-refractivity contribution >= 4 is 11.3 Å². The van der Waals surface area contributed by atoms with Gasteiger partial charge in [-0.25, -0.2) is 0 Å². The SMILES string of the molecule is CCN.CCc1cccs1. The van der Waals surface area contributed by atoms with Crippen LogP contribution in [0.15, 0.2) is 17.5 Å². The molecule has 0 spiro atoms. The van der Waals surface area contributed by atoms with Crippen molar-refractivity contribution in [3.05, 3.63) is 22.4 Å². The first-order valence-electron chi connectivity index (χ1n) is 3.57. The average molecular weight is 157 g/mol. The van der Waals surface area contributed by atoms with Crippen LogP contribution in [0.2, 0.25) is 0 Å². The summed E-state index contributed by atoms with van der Waals surface area (Å²) in [4.78, 5) is 1.47. The van der Waals surface area contributed by atoms with Crippen molar-refractivity contribution in [3.8, 4) is 0 Å². The first-order valence-corrected chi connectivity index (χ1v) is 4.45. The van der Waals surface area contributed by atoms with Crippen molar-refractivity contribution in [1.82, 2.24) is 0 Å². The van der Waals surface area contributed by atoms with Gasteiger partial charge in [0.25, 0.3) is 0 Å². The third kappa shape index (κ3) is 4.53. The van der Waals surface area contributed by atoms with E-state index in [2.05, 4.69) is 24.4 Å². The highest BCUT2D eigenvalue weighted by atomic mass is 32.1. The molecule has 1 heterocycles. The lowest BCUT2D eigenvalue weighted by atomic mass is 10.4. The lowest BCUT2D eigenvalue weighted by molar-refractivity contribution is 1.14. The highest BCUT2D eigenvalue weighted by molar-refractivity contribution is 7.09. The largest absolute Gasteiger partial charge is 0.331 e. The van der Waals surface area contributed by atoms with Crippen LogP contribution in [-0.2, 0) is 6.42 Å². The molecule has 0 aliphatic rings. The Bertz CT molecular complexity index is 135. The Hall–Kier alpha value is -0.340. The minimum Gasteiger partial charge on any atom is -0.331 e. The Morgan fingerprint density at radius 1 is 1.50 bits per heavy atom. The summed E-state index contributed by atoms with van der Waals surface area (Å²) >= 11 is 1.82. The Morgan fingerprint density at radius 3 is 2.30 bits per heavy atom. The normalized spacial score (nSPS) is 8.30. The molecule has 1 nitrogen and oxygen atoms in total. The molecule has 0 bridgehead atoms. The van der Waals surface area contributed by atoms with Crippen molar-refractivity contribution in [3.63, 3.8) is 0 Å². The molecule has 0 saturated carbocycles. The fourth-order valence-electron chi connectivity index (χ4n) is 0.514. The second-order valence-corrected chi connectivity index (χ2v) is 2.87. The zero-order chi connectivity index (χ0) is 7.82. The molecule has 1 aromatic heterocycles. The maximum atomic E-state index is 4.85. The van der Waals surface area contributed by atoms with Crippen LogP contribution >= 0.6 is 11.3 Å². The standard InChI is InChI=1S/C6H8S.C2H7N/c1-2-6-4-3-5-7-6;1-2-3/h3-5H,2H2,1H3;2-3H2,1H3. The van der Waals surface area contributed by atoms with E-state index in [1.807, 2.05) is 18.3 Å². The van der Waals surface area contributed by atoms with E-state index in [-0.39, 0.29) is 0 Å². The molecule has 1 rings (SSSR count). The summed E-state index contributed by atoms with van der Waals surface area (Å²) in [5, 5.41) is 2.11. The molecule has 0 radical (unpaired) electrons. The third-order valence-electron chi connectivity index (χ3n) is 0.929. The molecule has 0 unspecified atom stereocenters. The molecule has 2 N–H and O–H groups in total. The van der Waals surface area contributed by atoms with Gasteiger partial charge in [0, 0.05) is 4.88 Å². The lowest BCUT2D eigenvalue weighted by Crippen LogP contribution is -1.87. The summed E-state index contributed by atoms with van der Waals surface area (Å²) in [5.41, 5.74) is 4.85. The van der Waals surface area contributed by atoms with Crippen molar-refractivity contribution in [2.75, 3.05) is 6.54 Å². The maximum Gasteiger partial charge on any atom is 0.00424 e. The molecule has 0 saturated heterocycles. The molecule has 0 aliphatic carbocycles. The van der Waals surface area contributed by atoms with E-state index in [0.717, 1.165) is 6.54 Å². The second-order valence-electron chi connectivity index (χ2n) is 1.84. The first-order chi connectivity index (χ1) is 4.85. The fraction of sp³-hybridized carbons (Fsp3) is 0.500. The van der Waals surface area contributed by atoms with Gasteiger partial charge >= 0.3 is 0 Å². The highest BCUT2D eigenvalue weighted by Gasteiger charge is 1.82. The Labute approximate surface area is 66.9 Å².